The van der Waals surface area contributed by atoms with Crippen LogP contribution in [-0.2, 0) is 4.79 Å². The van der Waals surface area contributed by atoms with Crippen molar-refractivity contribution >= 4 is 5.91 Å². The molecule has 1 aromatic carbocycles. The van der Waals surface area contributed by atoms with Crippen LogP contribution in [0, 0.1) is 0 Å². The number of nitrogens with one attached hydrogen (secondary N) is 2. The van der Waals surface area contributed by atoms with Gasteiger partial charge in [-0.3, -0.25) is 4.79 Å². The van der Waals surface area contributed by atoms with E-state index in [-0.39, 0.29) is 11.9 Å². The third kappa shape index (κ3) is 3.88. The molecular weight excluding hydrogens is 268 g/mol. The van der Waals surface area contributed by atoms with E-state index in [4.69, 9.17) is 9.47 Å². The topological polar surface area (TPSA) is 59.6 Å². The van der Waals surface area contributed by atoms with Crippen LogP contribution in [0.15, 0.2) is 18.2 Å². The van der Waals surface area contributed by atoms with Crippen molar-refractivity contribution < 1.29 is 14.3 Å². The van der Waals surface area contributed by atoms with Crippen LogP contribution in [0.2, 0.25) is 0 Å². The van der Waals surface area contributed by atoms with Gasteiger partial charge in [0.1, 0.15) is 0 Å². The molecule has 1 aromatic rings. The molecule has 1 amide bonds. The molecule has 0 radical (unpaired) electrons. The van der Waals surface area contributed by atoms with E-state index in [9.17, 15) is 4.79 Å². The van der Waals surface area contributed by atoms with E-state index in [1.807, 2.05) is 12.1 Å². The average Bonchev–Trinajstić information content (AvgIpc) is 2.53. The molecule has 1 aliphatic rings. The van der Waals surface area contributed by atoms with Gasteiger partial charge in [-0.05, 0) is 30.5 Å². The molecule has 0 saturated carbocycles. The summed E-state index contributed by atoms with van der Waals surface area (Å²) < 4.78 is 10.6. The first-order valence-corrected chi connectivity index (χ1v) is 7.42. The van der Waals surface area contributed by atoms with Crippen molar-refractivity contribution in [2.24, 2.45) is 0 Å². The second-order valence-corrected chi connectivity index (χ2v) is 5.28. The summed E-state index contributed by atoms with van der Waals surface area (Å²) in [4.78, 5) is 11.2. The van der Waals surface area contributed by atoms with Crippen LogP contribution >= 0.6 is 0 Å². The summed E-state index contributed by atoms with van der Waals surface area (Å²) in [5.74, 6) is 1.63. The Kier molecular flexibility index (Phi) is 5.44. The quantitative estimate of drug-likeness (QED) is 0.842. The second kappa shape index (κ2) is 7.31. The number of benzene rings is 1. The minimum Gasteiger partial charge on any atom is -0.493 e. The van der Waals surface area contributed by atoms with Gasteiger partial charge in [0, 0.05) is 25.0 Å². The summed E-state index contributed by atoms with van der Waals surface area (Å²) in [6, 6.07) is 6.57. The summed E-state index contributed by atoms with van der Waals surface area (Å²) >= 11 is 0. The molecule has 1 heterocycles. The van der Waals surface area contributed by atoms with Crippen molar-refractivity contribution in [3.05, 3.63) is 23.8 Å². The Bertz CT molecular complexity index is 480. The molecular formula is C16H24N2O3. The highest BCUT2D eigenvalue weighted by atomic mass is 16.5. The lowest BCUT2D eigenvalue weighted by atomic mass is 10.00. The van der Waals surface area contributed by atoms with Gasteiger partial charge in [-0.2, -0.15) is 0 Å². The van der Waals surface area contributed by atoms with Crippen LogP contribution in [-0.4, -0.2) is 32.7 Å². The smallest absolute Gasteiger partial charge is 0.220 e. The van der Waals surface area contributed by atoms with Crippen molar-refractivity contribution in [3.8, 4) is 11.5 Å². The Labute approximate surface area is 126 Å². The lowest BCUT2D eigenvalue weighted by Gasteiger charge is -2.28. The Morgan fingerprint density at radius 3 is 2.67 bits per heavy atom. The number of hydrogen-bond acceptors (Lipinski definition) is 4. The summed E-state index contributed by atoms with van der Waals surface area (Å²) in [7, 11) is 3.28. The third-order valence-corrected chi connectivity index (χ3v) is 3.92. The summed E-state index contributed by atoms with van der Waals surface area (Å²) in [6.45, 7) is 2.85. The number of carbonyl (C=O) groups is 1. The lowest BCUT2D eigenvalue weighted by molar-refractivity contribution is -0.122. The van der Waals surface area contributed by atoms with Gasteiger partial charge < -0.3 is 20.1 Å². The molecule has 0 bridgehead atoms. The highest BCUT2D eigenvalue weighted by Gasteiger charge is 2.21. The number of methoxy groups -OCH3 is 2. The molecule has 0 aliphatic carbocycles. The van der Waals surface area contributed by atoms with E-state index in [2.05, 4.69) is 23.6 Å². The number of carbonyl (C=O) groups excluding carboxylic acids is 1. The summed E-state index contributed by atoms with van der Waals surface area (Å²) in [5.41, 5.74) is 1.17. The fourth-order valence-electron chi connectivity index (χ4n) is 2.68. The van der Waals surface area contributed by atoms with E-state index in [1.54, 1.807) is 14.2 Å². The van der Waals surface area contributed by atoms with E-state index in [1.165, 1.54) is 5.56 Å². The summed E-state index contributed by atoms with van der Waals surface area (Å²) in [6.07, 6.45) is 2.45. The maximum Gasteiger partial charge on any atom is 0.220 e. The fraction of sp³-hybridized carbons (Fsp3) is 0.562. The Hall–Kier alpha value is -1.75. The van der Waals surface area contributed by atoms with Crippen molar-refractivity contribution in [2.45, 2.75) is 38.3 Å². The van der Waals surface area contributed by atoms with Gasteiger partial charge in [-0.15, -0.1) is 0 Å². The minimum atomic E-state index is 0.146. The third-order valence-electron chi connectivity index (χ3n) is 3.92. The molecule has 2 N–H and O–H groups in total. The zero-order valence-electron chi connectivity index (χ0n) is 12.9. The van der Waals surface area contributed by atoms with Gasteiger partial charge in [0.05, 0.1) is 14.2 Å². The van der Waals surface area contributed by atoms with E-state index in [0.717, 1.165) is 24.3 Å². The monoisotopic (exact) mass is 292 g/mol. The Morgan fingerprint density at radius 2 is 2.10 bits per heavy atom. The average molecular weight is 292 g/mol. The molecule has 116 valence electrons. The molecule has 0 spiro atoms. The van der Waals surface area contributed by atoms with Crippen molar-refractivity contribution in [1.29, 1.82) is 0 Å². The SMILES string of the molecule is CCC(NC1CCC(=O)NC1)c1ccc(OC)c(OC)c1. The van der Waals surface area contributed by atoms with E-state index < -0.39 is 0 Å². The van der Waals surface area contributed by atoms with Crippen LogP contribution in [0.3, 0.4) is 0 Å². The molecule has 2 rings (SSSR count). The van der Waals surface area contributed by atoms with Crippen molar-refractivity contribution in [1.82, 2.24) is 10.6 Å². The zero-order valence-corrected chi connectivity index (χ0v) is 12.9. The van der Waals surface area contributed by atoms with Crippen molar-refractivity contribution in [3.63, 3.8) is 0 Å². The first-order chi connectivity index (χ1) is 10.2. The number of rotatable bonds is 6. The van der Waals surface area contributed by atoms with Gasteiger partial charge in [-0.25, -0.2) is 0 Å². The molecule has 5 nitrogen and oxygen atoms in total. The molecule has 5 heteroatoms. The molecule has 1 saturated heterocycles. The van der Waals surface area contributed by atoms with Gasteiger partial charge in [0.25, 0.3) is 0 Å². The van der Waals surface area contributed by atoms with Gasteiger partial charge >= 0.3 is 0 Å². The molecule has 2 atom stereocenters. The molecule has 1 fully saturated rings. The number of hydrogen-bond donors (Lipinski definition) is 2. The Balaban J connectivity index is 2.08. The maximum atomic E-state index is 11.2. The second-order valence-electron chi connectivity index (χ2n) is 5.28. The first-order valence-electron chi connectivity index (χ1n) is 7.42. The van der Waals surface area contributed by atoms with Crippen LogP contribution in [0.5, 0.6) is 11.5 Å². The highest BCUT2D eigenvalue weighted by Crippen LogP contribution is 2.31. The Morgan fingerprint density at radius 1 is 1.33 bits per heavy atom. The van der Waals surface area contributed by atoms with Crippen LogP contribution in [0.25, 0.3) is 0 Å². The van der Waals surface area contributed by atoms with E-state index >= 15 is 0 Å². The normalized spacial score (nSPS) is 19.8. The number of piperidine rings is 1. The fourth-order valence-corrected chi connectivity index (χ4v) is 2.68. The predicted octanol–water partition coefficient (Wildman–Crippen LogP) is 2.02. The number of amides is 1. The van der Waals surface area contributed by atoms with Crippen LogP contribution < -0.4 is 20.1 Å². The maximum absolute atomic E-state index is 11.2. The van der Waals surface area contributed by atoms with Gasteiger partial charge in [-0.1, -0.05) is 13.0 Å². The van der Waals surface area contributed by atoms with Gasteiger partial charge in [0.2, 0.25) is 5.91 Å². The van der Waals surface area contributed by atoms with Crippen LogP contribution in [0.4, 0.5) is 0 Å². The lowest BCUT2D eigenvalue weighted by Crippen LogP contribution is -2.46. The van der Waals surface area contributed by atoms with E-state index in [0.29, 0.717) is 19.0 Å². The standard InChI is InChI=1S/C16H24N2O3/c1-4-13(18-12-6-8-16(19)17-10-12)11-5-7-14(20-2)15(9-11)21-3/h5,7,9,12-13,18H,4,6,8,10H2,1-3H3,(H,17,19). The highest BCUT2D eigenvalue weighted by molar-refractivity contribution is 5.76. The van der Waals surface area contributed by atoms with Crippen LogP contribution in [0.1, 0.15) is 37.8 Å². The largest absolute Gasteiger partial charge is 0.493 e. The molecule has 21 heavy (non-hydrogen) atoms. The molecule has 1 aliphatic heterocycles. The van der Waals surface area contributed by atoms with Crippen molar-refractivity contribution in [2.75, 3.05) is 20.8 Å². The minimum absolute atomic E-state index is 0.146. The zero-order chi connectivity index (χ0) is 15.2. The summed E-state index contributed by atoms with van der Waals surface area (Å²) in [5, 5.41) is 6.53. The van der Waals surface area contributed by atoms with Gasteiger partial charge in [0.15, 0.2) is 11.5 Å². The first kappa shape index (κ1) is 15.6. The number of ether oxygens (including phenoxy) is 2. The molecule has 0 aromatic heterocycles. The molecule has 2 unspecified atom stereocenters. The predicted molar refractivity (Wildman–Crippen MR) is 81.7 cm³/mol.